The summed E-state index contributed by atoms with van der Waals surface area (Å²) >= 11 is 1.68. The Balaban J connectivity index is 1.56. The van der Waals surface area contributed by atoms with Gasteiger partial charge in [-0.2, -0.15) is 0 Å². The lowest BCUT2D eigenvalue weighted by atomic mass is 10.0. The van der Waals surface area contributed by atoms with Crippen LogP contribution in [-0.4, -0.2) is 35.3 Å². The Bertz CT molecular complexity index is 1110. The van der Waals surface area contributed by atoms with Gasteiger partial charge in [0.1, 0.15) is 17.0 Å². The molecular formula is C24H23N3OS. The molecule has 1 saturated heterocycles. The average Bonchev–Trinajstić information content (AvgIpc) is 3.18. The van der Waals surface area contributed by atoms with Gasteiger partial charge in [-0.3, -0.25) is 0 Å². The molecule has 2 aromatic carbocycles. The van der Waals surface area contributed by atoms with Gasteiger partial charge in [0, 0.05) is 24.0 Å². The Morgan fingerprint density at radius 1 is 0.862 bits per heavy atom. The van der Waals surface area contributed by atoms with Gasteiger partial charge in [0.15, 0.2) is 0 Å². The summed E-state index contributed by atoms with van der Waals surface area (Å²) in [6, 6.07) is 19.3. The van der Waals surface area contributed by atoms with Gasteiger partial charge in [-0.05, 0) is 30.5 Å². The number of aromatic nitrogens is 2. The molecule has 5 heteroatoms. The fraction of sp³-hybridized carbons (Fsp3) is 0.250. The van der Waals surface area contributed by atoms with Crippen molar-refractivity contribution >= 4 is 27.4 Å². The molecule has 0 bridgehead atoms. The smallest absolute Gasteiger partial charge is 0.141 e. The summed E-state index contributed by atoms with van der Waals surface area (Å²) in [5, 5.41) is 3.35. The second-order valence-electron chi connectivity index (χ2n) is 7.63. The molecule has 0 radical (unpaired) electrons. The number of hydrogen-bond acceptors (Lipinski definition) is 5. The monoisotopic (exact) mass is 401 g/mol. The summed E-state index contributed by atoms with van der Waals surface area (Å²) in [6.45, 7) is 5.94. The van der Waals surface area contributed by atoms with Crippen LogP contribution in [0.3, 0.4) is 0 Å². The highest BCUT2D eigenvalue weighted by molar-refractivity contribution is 7.17. The van der Waals surface area contributed by atoms with Gasteiger partial charge in [-0.25, -0.2) is 9.97 Å². The lowest BCUT2D eigenvalue weighted by molar-refractivity contribution is -0.00537. The van der Waals surface area contributed by atoms with Crippen LogP contribution in [0, 0.1) is 0 Å². The highest BCUT2D eigenvalue weighted by atomic mass is 32.1. The van der Waals surface area contributed by atoms with Crippen LogP contribution in [0.1, 0.15) is 13.8 Å². The first kappa shape index (κ1) is 18.3. The first-order valence-corrected chi connectivity index (χ1v) is 10.9. The quantitative estimate of drug-likeness (QED) is 0.445. The SMILES string of the molecule is C[C@@H]1CN(c2ncnc3scc(-c4ccc(-c5ccccc5)cc4)c23)C[C@H](C)O1. The Hall–Kier alpha value is -2.76. The largest absolute Gasteiger partial charge is 0.372 e. The molecule has 1 aliphatic heterocycles. The predicted molar refractivity (Wildman–Crippen MR) is 121 cm³/mol. The number of fused-ring (bicyclic) bond motifs is 1. The fourth-order valence-electron chi connectivity index (χ4n) is 4.14. The molecular weight excluding hydrogens is 378 g/mol. The van der Waals surface area contributed by atoms with Crippen LogP contribution < -0.4 is 4.90 Å². The molecule has 0 spiro atoms. The zero-order valence-corrected chi connectivity index (χ0v) is 17.4. The van der Waals surface area contributed by atoms with Crippen molar-refractivity contribution in [2.24, 2.45) is 0 Å². The fourth-order valence-corrected chi connectivity index (χ4v) is 5.05. The molecule has 0 N–H and O–H groups in total. The van der Waals surface area contributed by atoms with E-state index < -0.39 is 0 Å². The molecule has 0 amide bonds. The van der Waals surface area contributed by atoms with E-state index in [0.29, 0.717) is 0 Å². The third-order valence-electron chi connectivity index (χ3n) is 5.37. The van der Waals surface area contributed by atoms with E-state index in [1.165, 1.54) is 22.3 Å². The normalized spacial score (nSPS) is 19.6. The van der Waals surface area contributed by atoms with Crippen molar-refractivity contribution in [3.8, 4) is 22.3 Å². The molecule has 0 saturated carbocycles. The summed E-state index contributed by atoms with van der Waals surface area (Å²) in [6.07, 6.45) is 2.06. The Kier molecular flexibility index (Phi) is 4.78. The van der Waals surface area contributed by atoms with E-state index in [9.17, 15) is 0 Å². The molecule has 2 atom stereocenters. The Labute approximate surface area is 174 Å². The van der Waals surface area contributed by atoms with Crippen LogP contribution >= 0.6 is 11.3 Å². The number of nitrogens with zero attached hydrogens (tertiary/aromatic N) is 3. The van der Waals surface area contributed by atoms with Crippen LogP contribution in [0.15, 0.2) is 66.3 Å². The summed E-state index contributed by atoms with van der Waals surface area (Å²) in [5.74, 6) is 1.01. The highest BCUT2D eigenvalue weighted by Gasteiger charge is 2.26. The van der Waals surface area contributed by atoms with Crippen molar-refractivity contribution in [2.75, 3.05) is 18.0 Å². The standard InChI is InChI=1S/C24H23N3OS/c1-16-12-27(13-17(2)28-16)23-22-21(14-29-24(22)26-15-25-23)20-10-8-19(9-11-20)18-6-4-3-5-7-18/h3-11,14-17H,12-13H2,1-2H3/t16-,17+. The number of rotatable bonds is 3. The highest BCUT2D eigenvalue weighted by Crippen LogP contribution is 2.39. The van der Waals surface area contributed by atoms with Crippen LogP contribution in [0.5, 0.6) is 0 Å². The van der Waals surface area contributed by atoms with Crippen LogP contribution in [0.2, 0.25) is 0 Å². The van der Waals surface area contributed by atoms with Gasteiger partial charge in [-0.1, -0.05) is 54.6 Å². The molecule has 4 aromatic rings. The molecule has 2 aromatic heterocycles. The number of anilines is 1. The van der Waals surface area contributed by atoms with E-state index in [0.717, 1.165) is 29.1 Å². The molecule has 5 rings (SSSR count). The van der Waals surface area contributed by atoms with Crippen LogP contribution in [0.4, 0.5) is 5.82 Å². The lowest BCUT2D eigenvalue weighted by Gasteiger charge is -2.36. The van der Waals surface area contributed by atoms with Gasteiger partial charge >= 0.3 is 0 Å². The van der Waals surface area contributed by atoms with Crippen molar-refractivity contribution < 1.29 is 4.74 Å². The zero-order chi connectivity index (χ0) is 19.8. The van der Waals surface area contributed by atoms with Crippen molar-refractivity contribution in [3.63, 3.8) is 0 Å². The number of thiophene rings is 1. The van der Waals surface area contributed by atoms with Gasteiger partial charge in [0.05, 0.1) is 17.6 Å². The summed E-state index contributed by atoms with van der Waals surface area (Å²) < 4.78 is 5.92. The van der Waals surface area contributed by atoms with Crippen molar-refractivity contribution in [3.05, 3.63) is 66.3 Å². The minimum atomic E-state index is 0.191. The van der Waals surface area contributed by atoms with Crippen LogP contribution in [-0.2, 0) is 4.74 Å². The molecule has 0 aliphatic carbocycles. The average molecular weight is 402 g/mol. The van der Waals surface area contributed by atoms with E-state index in [1.54, 1.807) is 17.7 Å². The zero-order valence-electron chi connectivity index (χ0n) is 16.6. The van der Waals surface area contributed by atoms with E-state index >= 15 is 0 Å². The maximum atomic E-state index is 5.92. The Morgan fingerprint density at radius 2 is 1.52 bits per heavy atom. The first-order valence-electron chi connectivity index (χ1n) is 9.97. The summed E-state index contributed by atoms with van der Waals surface area (Å²) in [4.78, 5) is 12.6. The predicted octanol–water partition coefficient (Wildman–Crippen LogP) is 5.64. The topological polar surface area (TPSA) is 38.2 Å². The molecule has 0 unspecified atom stereocenters. The number of hydrogen-bond donors (Lipinski definition) is 0. The van der Waals surface area contributed by atoms with Gasteiger partial charge < -0.3 is 9.64 Å². The van der Waals surface area contributed by atoms with Crippen molar-refractivity contribution in [2.45, 2.75) is 26.1 Å². The van der Waals surface area contributed by atoms with Crippen LogP contribution in [0.25, 0.3) is 32.5 Å². The molecule has 1 fully saturated rings. The molecule has 1 aliphatic rings. The third-order valence-corrected chi connectivity index (χ3v) is 6.26. The van der Waals surface area contributed by atoms with Crippen molar-refractivity contribution in [1.82, 2.24) is 9.97 Å². The summed E-state index contributed by atoms with van der Waals surface area (Å²) in [7, 11) is 0. The second-order valence-corrected chi connectivity index (χ2v) is 8.49. The van der Waals surface area contributed by atoms with Gasteiger partial charge in [0.2, 0.25) is 0 Å². The lowest BCUT2D eigenvalue weighted by Crippen LogP contribution is -2.45. The maximum absolute atomic E-state index is 5.92. The molecule has 146 valence electrons. The van der Waals surface area contributed by atoms with Gasteiger partial charge in [-0.15, -0.1) is 11.3 Å². The van der Waals surface area contributed by atoms with E-state index in [-0.39, 0.29) is 12.2 Å². The second kappa shape index (κ2) is 7.58. The van der Waals surface area contributed by atoms with Crippen molar-refractivity contribution in [1.29, 1.82) is 0 Å². The minimum absolute atomic E-state index is 0.191. The number of morpholine rings is 1. The number of ether oxygens (including phenoxy) is 1. The minimum Gasteiger partial charge on any atom is -0.372 e. The van der Waals surface area contributed by atoms with E-state index in [2.05, 4.69) is 82.6 Å². The molecule has 3 heterocycles. The van der Waals surface area contributed by atoms with E-state index in [4.69, 9.17) is 4.74 Å². The number of benzene rings is 2. The van der Waals surface area contributed by atoms with E-state index in [1.807, 2.05) is 6.07 Å². The Morgan fingerprint density at radius 3 is 2.24 bits per heavy atom. The first-order chi connectivity index (χ1) is 14.2. The summed E-state index contributed by atoms with van der Waals surface area (Å²) in [5.41, 5.74) is 4.85. The molecule has 29 heavy (non-hydrogen) atoms. The third kappa shape index (κ3) is 3.52. The van der Waals surface area contributed by atoms with Gasteiger partial charge in [0.25, 0.3) is 0 Å². The molecule has 4 nitrogen and oxygen atoms in total. The maximum Gasteiger partial charge on any atom is 0.141 e.